The second-order valence-electron chi connectivity index (χ2n) is 10.7. The van der Waals surface area contributed by atoms with Gasteiger partial charge in [-0.25, -0.2) is 0 Å². The summed E-state index contributed by atoms with van der Waals surface area (Å²) < 4.78 is 0. The molecule has 0 atom stereocenters. The van der Waals surface area contributed by atoms with Crippen molar-refractivity contribution in [2.45, 2.75) is 0 Å². The van der Waals surface area contributed by atoms with Gasteiger partial charge < -0.3 is 0 Å². The van der Waals surface area contributed by atoms with Crippen LogP contribution < -0.4 is 0 Å². The molecular formula is C38H22. The SMILES string of the molecule is c1ccc2cc3cc4cc5cc6cc7cc8cc9ccccc9cc8cc7cc6cc5cc4cc3cc2c1. The van der Waals surface area contributed by atoms with Crippen molar-refractivity contribution in [3.05, 3.63) is 133 Å². The van der Waals surface area contributed by atoms with Crippen LogP contribution in [0.4, 0.5) is 0 Å². The molecule has 0 bridgehead atoms. The first-order chi connectivity index (χ1) is 18.7. The van der Waals surface area contributed by atoms with E-state index in [-0.39, 0.29) is 0 Å². The van der Waals surface area contributed by atoms with Gasteiger partial charge in [0.05, 0.1) is 0 Å². The van der Waals surface area contributed by atoms with E-state index in [0.29, 0.717) is 0 Å². The van der Waals surface area contributed by atoms with Gasteiger partial charge in [-0.05, 0) is 171 Å². The van der Waals surface area contributed by atoms with Crippen LogP contribution in [0.3, 0.4) is 0 Å². The van der Waals surface area contributed by atoms with Crippen LogP contribution in [-0.2, 0) is 0 Å². The lowest BCUT2D eigenvalue weighted by Crippen LogP contribution is -1.83. The van der Waals surface area contributed by atoms with Crippen LogP contribution in [0.15, 0.2) is 133 Å². The first-order valence-electron chi connectivity index (χ1n) is 13.2. The Morgan fingerprint density at radius 2 is 0.289 bits per heavy atom. The molecule has 0 radical (unpaired) electrons. The zero-order valence-corrected chi connectivity index (χ0v) is 20.7. The van der Waals surface area contributed by atoms with E-state index in [4.69, 9.17) is 0 Å². The summed E-state index contributed by atoms with van der Waals surface area (Å²) >= 11 is 0. The summed E-state index contributed by atoms with van der Waals surface area (Å²) in [5, 5.41) is 20.6. The molecule has 174 valence electrons. The van der Waals surface area contributed by atoms with Gasteiger partial charge in [0.15, 0.2) is 0 Å². The standard InChI is InChI=1S/C38H22/c1-2-6-24-10-28-14-32-18-36-22-38-20-34-16-30-12-26-8-4-3-7-25(26)11-29(30)15-33(34)19-37(38)21-35(36)17-31(32)13-27(28)9-23(24)5-1/h1-22H. The van der Waals surface area contributed by atoms with E-state index >= 15 is 0 Å². The second kappa shape index (κ2) is 7.31. The highest BCUT2D eigenvalue weighted by Gasteiger charge is 2.07. The van der Waals surface area contributed by atoms with E-state index in [0.717, 1.165) is 0 Å². The second-order valence-corrected chi connectivity index (χ2v) is 10.7. The van der Waals surface area contributed by atoms with Crippen molar-refractivity contribution >= 4 is 86.2 Å². The largest absolute Gasteiger partial charge is 0.0616 e. The minimum atomic E-state index is 1.29. The highest BCUT2D eigenvalue weighted by molar-refractivity contribution is 6.13. The van der Waals surface area contributed by atoms with Gasteiger partial charge in [-0.15, -0.1) is 0 Å². The third-order valence-electron chi connectivity index (χ3n) is 8.35. The molecular weight excluding hydrogens is 456 g/mol. The Morgan fingerprint density at radius 3 is 0.447 bits per heavy atom. The fourth-order valence-corrected chi connectivity index (χ4v) is 6.39. The van der Waals surface area contributed by atoms with Crippen molar-refractivity contribution in [2.24, 2.45) is 0 Å². The number of rotatable bonds is 0. The topological polar surface area (TPSA) is 0 Å². The highest BCUT2D eigenvalue weighted by atomic mass is 14.1. The summed E-state index contributed by atoms with van der Waals surface area (Å²) in [5.74, 6) is 0. The Bertz CT molecular complexity index is 2100. The first kappa shape index (κ1) is 20.2. The third-order valence-corrected chi connectivity index (χ3v) is 8.35. The van der Waals surface area contributed by atoms with Crippen LogP contribution in [0.2, 0.25) is 0 Å². The van der Waals surface area contributed by atoms with E-state index in [2.05, 4.69) is 133 Å². The van der Waals surface area contributed by atoms with Crippen LogP contribution in [0.25, 0.3) is 86.2 Å². The molecule has 0 aromatic heterocycles. The van der Waals surface area contributed by atoms with Gasteiger partial charge in [-0.1, -0.05) is 48.5 Å². The molecule has 0 saturated carbocycles. The first-order valence-corrected chi connectivity index (χ1v) is 13.2. The van der Waals surface area contributed by atoms with E-state index in [9.17, 15) is 0 Å². The van der Waals surface area contributed by atoms with Crippen molar-refractivity contribution in [1.29, 1.82) is 0 Å². The van der Waals surface area contributed by atoms with Gasteiger partial charge in [0, 0.05) is 0 Å². The lowest BCUT2D eigenvalue weighted by atomic mass is 9.94. The lowest BCUT2D eigenvalue weighted by Gasteiger charge is -2.10. The molecule has 38 heavy (non-hydrogen) atoms. The number of fused-ring (bicyclic) bond motifs is 8. The molecule has 0 unspecified atom stereocenters. The normalized spacial score (nSPS) is 12.2. The maximum Gasteiger partial charge on any atom is -0.0171 e. The molecule has 0 spiro atoms. The zero-order chi connectivity index (χ0) is 24.8. The average Bonchev–Trinajstić information content (AvgIpc) is 2.93. The fourth-order valence-electron chi connectivity index (χ4n) is 6.39. The quantitative estimate of drug-likeness (QED) is 0.190. The van der Waals surface area contributed by atoms with Gasteiger partial charge in [0.25, 0.3) is 0 Å². The Labute approximate surface area is 219 Å². The monoisotopic (exact) mass is 478 g/mol. The Kier molecular flexibility index (Phi) is 3.88. The molecule has 0 aliphatic rings. The predicted molar refractivity (Wildman–Crippen MR) is 166 cm³/mol. The van der Waals surface area contributed by atoms with E-state index in [1.807, 2.05) is 0 Å². The van der Waals surface area contributed by atoms with E-state index in [1.165, 1.54) is 86.2 Å². The summed E-state index contributed by atoms with van der Waals surface area (Å²) in [7, 11) is 0. The minimum absolute atomic E-state index is 1.29. The molecule has 0 amide bonds. The van der Waals surface area contributed by atoms with Gasteiger partial charge >= 0.3 is 0 Å². The van der Waals surface area contributed by atoms with E-state index in [1.54, 1.807) is 0 Å². The number of benzene rings is 9. The highest BCUT2D eigenvalue weighted by Crippen LogP contribution is 2.34. The average molecular weight is 479 g/mol. The maximum absolute atomic E-state index is 2.36. The summed E-state index contributed by atoms with van der Waals surface area (Å²) in [6.45, 7) is 0. The van der Waals surface area contributed by atoms with Crippen molar-refractivity contribution < 1.29 is 0 Å². The van der Waals surface area contributed by atoms with Crippen LogP contribution in [0.5, 0.6) is 0 Å². The molecule has 0 aliphatic carbocycles. The molecule has 0 N–H and O–H groups in total. The molecule has 0 nitrogen and oxygen atoms in total. The molecule has 0 heteroatoms. The Balaban J connectivity index is 1.28. The smallest absolute Gasteiger partial charge is 0.0171 e. The number of hydrogen-bond acceptors (Lipinski definition) is 0. The van der Waals surface area contributed by atoms with Crippen LogP contribution in [0.1, 0.15) is 0 Å². The predicted octanol–water partition coefficient (Wildman–Crippen LogP) is 10.9. The van der Waals surface area contributed by atoms with Crippen molar-refractivity contribution in [2.75, 3.05) is 0 Å². The van der Waals surface area contributed by atoms with Crippen molar-refractivity contribution in [3.8, 4) is 0 Å². The Hall–Kier alpha value is -4.94. The summed E-state index contributed by atoms with van der Waals surface area (Å²) in [6.07, 6.45) is 0. The molecule has 0 aliphatic heterocycles. The van der Waals surface area contributed by atoms with Gasteiger partial charge in [0.2, 0.25) is 0 Å². The molecule has 9 rings (SSSR count). The lowest BCUT2D eigenvalue weighted by molar-refractivity contribution is 1.78. The van der Waals surface area contributed by atoms with Crippen LogP contribution in [0, 0.1) is 0 Å². The van der Waals surface area contributed by atoms with Crippen LogP contribution >= 0.6 is 0 Å². The van der Waals surface area contributed by atoms with Crippen molar-refractivity contribution in [1.82, 2.24) is 0 Å². The summed E-state index contributed by atoms with van der Waals surface area (Å²) in [5.41, 5.74) is 0. The molecule has 0 heterocycles. The van der Waals surface area contributed by atoms with Gasteiger partial charge in [0.1, 0.15) is 0 Å². The summed E-state index contributed by atoms with van der Waals surface area (Å²) in [6, 6.07) is 50.0. The maximum atomic E-state index is 2.36. The van der Waals surface area contributed by atoms with Crippen LogP contribution in [-0.4, -0.2) is 0 Å². The molecule has 9 aromatic carbocycles. The Morgan fingerprint density at radius 1 is 0.158 bits per heavy atom. The molecule has 9 aromatic rings. The fraction of sp³-hybridized carbons (Fsp3) is 0. The summed E-state index contributed by atoms with van der Waals surface area (Å²) in [4.78, 5) is 0. The minimum Gasteiger partial charge on any atom is -0.0616 e. The molecule has 0 fully saturated rings. The van der Waals surface area contributed by atoms with Gasteiger partial charge in [-0.2, -0.15) is 0 Å². The van der Waals surface area contributed by atoms with Gasteiger partial charge in [-0.3, -0.25) is 0 Å². The third kappa shape index (κ3) is 2.98. The van der Waals surface area contributed by atoms with Crippen molar-refractivity contribution in [3.63, 3.8) is 0 Å². The molecule has 0 saturated heterocycles. The number of hydrogen-bond donors (Lipinski definition) is 0. The van der Waals surface area contributed by atoms with E-state index < -0.39 is 0 Å². The zero-order valence-electron chi connectivity index (χ0n) is 20.7.